The lowest BCUT2D eigenvalue weighted by Crippen LogP contribution is -2.39. The van der Waals surface area contributed by atoms with Gasteiger partial charge in [0.15, 0.2) is 0 Å². The highest BCUT2D eigenvalue weighted by Crippen LogP contribution is 2.26. The standard InChI is InChI=1S/C13H23NO3/c1-6-9-16-13(5)7-8-14(10-13)11(15)17-12(2,3)4/h6H,1,7-10H2,2-5H3. The molecule has 4 nitrogen and oxygen atoms in total. The summed E-state index contributed by atoms with van der Waals surface area (Å²) in [6, 6.07) is 0. The van der Waals surface area contributed by atoms with E-state index in [0.29, 0.717) is 19.7 Å². The summed E-state index contributed by atoms with van der Waals surface area (Å²) in [4.78, 5) is 13.6. The molecule has 1 unspecified atom stereocenters. The van der Waals surface area contributed by atoms with E-state index in [1.807, 2.05) is 27.7 Å². The third-order valence-corrected chi connectivity index (χ3v) is 2.64. The van der Waals surface area contributed by atoms with Crippen LogP contribution in [0.4, 0.5) is 4.79 Å². The summed E-state index contributed by atoms with van der Waals surface area (Å²) in [6.07, 6.45) is 2.30. The molecule has 0 radical (unpaired) electrons. The van der Waals surface area contributed by atoms with Crippen LogP contribution in [0.5, 0.6) is 0 Å². The summed E-state index contributed by atoms with van der Waals surface area (Å²) in [6.45, 7) is 13.0. The van der Waals surface area contributed by atoms with Gasteiger partial charge in [-0.15, -0.1) is 6.58 Å². The Labute approximate surface area is 104 Å². The van der Waals surface area contributed by atoms with E-state index in [4.69, 9.17) is 9.47 Å². The number of rotatable bonds is 3. The molecule has 0 spiro atoms. The van der Waals surface area contributed by atoms with Gasteiger partial charge in [-0.05, 0) is 34.1 Å². The molecule has 1 aliphatic heterocycles. The predicted octanol–water partition coefficient (Wildman–Crippen LogP) is 2.59. The average molecular weight is 241 g/mol. The van der Waals surface area contributed by atoms with Crippen molar-refractivity contribution in [2.45, 2.75) is 45.3 Å². The molecule has 1 aliphatic rings. The number of hydrogen-bond donors (Lipinski definition) is 0. The molecule has 1 fully saturated rings. The number of amides is 1. The van der Waals surface area contributed by atoms with Gasteiger partial charge >= 0.3 is 6.09 Å². The third kappa shape index (κ3) is 4.38. The Hall–Kier alpha value is -1.03. The van der Waals surface area contributed by atoms with Gasteiger partial charge in [-0.25, -0.2) is 4.79 Å². The first-order valence-electron chi connectivity index (χ1n) is 5.98. The molecule has 1 saturated heterocycles. The van der Waals surface area contributed by atoms with Crippen molar-refractivity contribution in [1.82, 2.24) is 4.90 Å². The molecule has 0 aliphatic carbocycles. The lowest BCUT2D eigenvalue weighted by atomic mass is 10.1. The van der Waals surface area contributed by atoms with Crippen molar-refractivity contribution in [2.24, 2.45) is 0 Å². The molecular weight excluding hydrogens is 218 g/mol. The quantitative estimate of drug-likeness (QED) is 0.713. The van der Waals surface area contributed by atoms with Gasteiger partial charge in [-0.1, -0.05) is 6.08 Å². The molecule has 0 aromatic heterocycles. The van der Waals surface area contributed by atoms with E-state index in [-0.39, 0.29) is 11.7 Å². The van der Waals surface area contributed by atoms with E-state index in [9.17, 15) is 4.79 Å². The Bertz CT molecular complexity index is 296. The highest BCUT2D eigenvalue weighted by molar-refractivity contribution is 5.68. The second-order valence-electron chi connectivity index (χ2n) is 5.70. The normalized spacial score (nSPS) is 24.8. The molecule has 17 heavy (non-hydrogen) atoms. The van der Waals surface area contributed by atoms with Gasteiger partial charge in [-0.3, -0.25) is 0 Å². The van der Waals surface area contributed by atoms with Crippen molar-refractivity contribution in [3.63, 3.8) is 0 Å². The van der Waals surface area contributed by atoms with E-state index < -0.39 is 5.60 Å². The SMILES string of the molecule is C=CCOC1(C)CCN(C(=O)OC(C)(C)C)C1. The Balaban J connectivity index is 2.49. The molecule has 98 valence electrons. The van der Waals surface area contributed by atoms with E-state index in [1.54, 1.807) is 11.0 Å². The van der Waals surface area contributed by atoms with Crippen LogP contribution in [-0.2, 0) is 9.47 Å². The fraction of sp³-hybridized carbons (Fsp3) is 0.769. The Morgan fingerprint density at radius 3 is 2.71 bits per heavy atom. The topological polar surface area (TPSA) is 38.8 Å². The minimum Gasteiger partial charge on any atom is -0.444 e. The van der Waals surface area contributed by atoms with Crippen LogP contribution in [0.1, 0.15) is 34.1 Å². The fourth-order valence-electron chi connectivity index (χ4n) is 1.79. The van der Waals surface area contributed by atoms with Crippen LogP contribution < -0.4 is 0 Å². The number of carbonyl (C=O) groups is 1. The zero-order chi connectivity index (χ0) is 13.1. The van der Waals surface area contributed by atoms with Gasteiger partial charge < -0.3 is 14.4 Å². The predicted molar refractivity (Wildman–Crippen MR) is 67.0 cm³/mol. The molecule has 0 N–H and O–H groups in total. The van der Waals surface area contributed by atoms with Gasteiger partial charge in [0.2, 0.25) is 0 Å². The average Bonchev–Trinajstić information content (AvgIpc) is 2.56. The molecule has 1 amide bonds. The molecule has 1 heterocycles. The number of likely N-dealkylation sites (tertiary alicyclic amines) is 1. The van der Waals surface area contributed by atoms with E-state index in [1.165, 1.54) is 0 Å². The third-order valence-electron chi connectivity index (χ3n) is 2.64. The number of hydrogen-bond acceptors (Lipinski definition) is 3. The van der Waals surface area contributed by atoms with Crippen LogP contribution in [0.3, 0.4) is 0 Å². The number of ether oxygens (including phenoxy) is 2. The van der Waals surface area contributed by atoms with Crippen LogP contribution in [0, 0.1) is 0 Å². The second kappa shape index (κ2) is 5.08. The Morgan fingerprint density at radius 2 is 2.18 bits per heavy atom. The van der Waals surface area contributed by atoms with Crippen LogP contribution in [0.15, 0.2) is 12.7 Å². The van der Waals surface area contributed by atoms with E-state index in [0.717, 1.165) is 6.42 Å². The molecule has 1 rings (SSSR count). The van der Waals surface area contributed by atoms with Crippen LogP contribution in [0.2, 0.25) is 0 Å². The van der Waals surface area contributed by atoms with Crippen molar-refractivity contribution in [3.8, 4) is 0 Å². The molecule has 1 atom stereocenters. The molecular formula is C13H23NO3. The summed E-state index contributed by atoms with van der Waals surface area (Å²) in [5.41, 5.74) is -0.719. The van der Waals surface area contributed by atoms with Gasteiger partial charge in [0, 0.05) is 6.54 Å². The summed E-state index contributed by atoms with van der Waals surface area (Å²) in [7, 11) is 0. The van der Waals surface area contributed by atoms with Gasteiger partial charge in [0.05, 0.1) is 18.8 Å². The zero-order valence-corrected chi connectivity index (χ0v) is 11.3. The fourth-order valence-corrected chi connectivity index (χ4v) is 1.79. The molecule has 0 saturated carbocycles. The van der Waals surface area contributed by atoms with E-state index in [2.05, 4.69) is 6.58 Å². The lowest BCUT2D eigenvalue weighted by Gasteiger charge is -2.27. The number of carbonyl (C=O) groups excluding carboxylic acids is 1. The Morgan fingerprint density at radius 1 is 1.53 bits per heavy atom. The minimum absolute atomic E-state index is 0.261. The van der Waals surface area contributed by atoms with Gasteiger partial charge in [0.1, 0.15) is 5.60 Å². The van der Waals surface area contributed by atoms with Crippen molar-refractivity contribution in [3.05, 3.63) is 12.7 Å². The first kappa shape index (κ1) is 14.0. The largest absolute Gasteiger partial charge is 0.444 e. The van der Waals surface area contributed by atoms with Crippen molar-refractivity contribution in [2.75, 3.05) is 19.7 Å². The second-order valence-corrected chi connectivity index (χ2v) is 5.70. The summed E-state index contributed by atoms with van der Waals surface area (Å²) < 4.78 is 11.0. The maximum absolute atomic E-state index is 11.9. The van der Waals surface area contributed by atoms with Gasteiger partial charge in [0.25, 0.3) is 0 Å². The minimum atomic E-state index is -0.446. The maximum Gasteiger partial charge on any atom is 0.410 e. The first-order valence-corrected chi connectivity index (χ1v) is 5.98. The summed E-state index contributed by atoms with van der Waals surface area (Å²) in [5, 5.41) is 0. The monoisotopic (exact) mass is 241 g/mol. The number of nitrogens with zero attached hydrogens (tertiary/aromatic N) is 1. The first-order chi connectivity index (χ1) is 7.76. The van der Waals surface area contributed by atoms with Crippen molar-refractivity contribution in [1.29, 1.82) is 0 Å². The van der Waals surface area contributed by atoms with Crippen LogP contribution in [-0.4, -0.2) is 41.9 Å². The summed E-state index contributed by atoms with van der Waals surface area (Å²) in [5.74, 6) is 0. The van der Waals surface area contributed by atoms with Crippen molar-refractivity contribution >= 4 is 6.09 Å². The highest BCUT2D eigenvalue weighted by atomic mass is 16.6. The van der Waals surface area contributed by atoms with E-state index >= 15 is 0 Å². The smallest absolute Gasteiger partial charge is 0.410 e. The van der Waals surface area contributed by atoms with Gasteiger partial charge in [-0.2, -0.15) is 0 Å². The highest BCUT2D eigenvalue weighted by Gasteiger charge is 2.38. The van der Waals surface area contributed by atoms with Crippen LogP contribution >= 0.6 is 0 Å². The molecule has 0 aromatic rings. The van der Waals surface area contributed by atoms with Crippen molar-refractivity contribution < 1.29 is 14.3 Å². The summed E-state index contributed by atoms with van der Waals surface area (Å²) >= 11 is 0. The molecule has 0 bridgehead atoms. The Kier molecular flexibility index (Phi) is 4.20. The molecule has 0 aromatic carbocycles. The van der Waals surface area contributed by atoms with Crippen LogP contribution in [0.25, 0.3) is 0 Å². The zero-order valence-electron chi connectivity index (χ0n) is 11.3. The molecule has 4 heteroatoms. The lowest BCUT2D eigenvalue weighted by molar-refractivity contribution is -0.0138. The maximum atomic E-state index is 11.9.